The number of aliphatic imine (C=N–C) groups is 1. The largest absolute Gasteiger partial charge is 0.450 e. The van der Waals surface area contributed by atoms with E-state index in [1.165, 1.54) is 12.3 Å². The molecule has 0 aliphatic carbocycles. The second-order valence-electron chi connectivity index (χ2n) is 4.53. The maximum absolute atomic E-state index is 11.1. The summed E-state index contributed by atoms with van der Waals surface area (Å²) < 4.78 is 14.0. The zero-order valence-corrected chi connectivity index (χ0v) is 13.4. The van der Waals surface area contributed by atoms with E-state index in [1.54, 1.807) is 0 Å². The van der Waals surface area contributed by atoms with E-state index < -0.39 is 12.2 Å². The number of nitrogens with one attached hydrogen (secondary N) is 2. The van der Waals surface area contributed by atoms with Gasteiger partial charge < -0.3 is 19.5 Å². The normalized spacial score (nSPS) is 9.12. The molecule has 2 amide bonds. The average molecular weight is 342 g/mol. The fourth-order valence-corrected chi connectivity index (χ4v) is 1.61. The molecule has 0 saturated carbocycles. The monoisotopic (exact) mass is 342 g/mol. The summed E-state index contributed by atoms with van der Waals surface area (Å²) in [6, 6.07) is 0. The van der Waals surface area contributed by atoms with Gasteiger partial charge in [-0.3, -0.25) is 5.32 Å². The van der Waals surface area contributed by atoms with Crippen molar-refractivity contribution < 1.29 is 28.6 Å². The van der Waals surface area contributed by atoms with Crippen molar-refractivity contribution in [2.24, 2.45) is 4.99 Å². The van der Waals surface area contributed by atoms with Crippen LogP contribution in [0.5, 0.6) is 0 Å². The summed E-state index contributed by atoms with van der Waals surface area (Å²) in [6.45, 7) is 0.295. The molecule has 0 aromatic rings. The molecule has 0 rings (SSSR count). The van der Waals surface area contributed by atoms with Crippen LogP contribution in [0.25, 0.3) is 0 Å². The van der Waals surface area contributed by atoms with Crippen molar-refractivity contribution in [3.8, 4) is 6.26 Å². The van der Waals surface area contributed by atoms with Crippen LogP contribution in [0.3, 0.4) is 0 Å². The number of rotatable bonds is 13. The maximum Gasteiger partial charge on any atom is 0.409 e. The van der Waals surface area contributed by atoms with Crippen molar-refractivity contribution in [2.45, 2.75) is 38.5 Å². The Morgan fingerprint density at radius 1 is 0.917 bits per heavy atom. The number of hydrogen-bond donors (Lipinski definition) is 2. The summed E-state index contributed by atoms with van der Waals surface area (Å²) in [5.74, 6) is 0. The summed E-state index contributed by atoms with van der Waals surface area (Å²) >= 11 is 0. The van der Waals surface area contributed by atoms with Crippen LogP contribution in [0, 0.1) is 11.5 Å². The Labute approximate surface area is 140 Å². The Morgan fingerprint density at radius 3 is 2.00 bits per heavy atom. The van der Waals surface area contributed by atoms with Gasteiger partial charge in [-0.2, -0.15) is 10.3 Å². The molecule has 0 aliphatic rings. The molecule has 0 unspecified atom stereocenters. The highest BCUT2D eigenvalue weighted by atomic mass is 16.6. The molecule has 0 bridgehead atoms. The second kappa shape index (κ2) is 16.6. The minimum Gasteiger partial charge on any atom is -0.450 e. The van der Waals surface area contributed by atoms with E-state index in [9.17, 15) is 14.4 Å². The van der Waals surface area contributed by atoms with Gasteiger partial charge >= 0.3 is 12.2 Å². The lowest BCUT2D eigenvalue weighted by Gasteiger charge is -2.06. The third-order valence-corrected chi connectivity index (χ3v) is 2.73. The topological polar surface area (TPSA) is 139 Å². The van der Waals surface area contributed by atoms with Crippen molar-refractivity contribution >= 4 is 18.3 Å². The lowest BCUT2D eigenvalue weighted by molar-refractivity contribution is 0.129. The van der Waals surface area contributed by atoms with E-state index in [4.69, 9.17) is 14.7 Å². The van der Waals surface area contributed by atoms with Crippen LogP contribution in [-0.2, 0) is 19.0 Å². The fraction of sp³-hybridized carbons (Fsp3) is 0.714. The highest BCUT2D eigenvalue weighted by Crippen LogP contribution is 2.05. The predicted molar refractivity (Wildman–Crippen MR) is 81.2 cm³/mol. The summed E-state index contributed by atoms with van der Waals surface area (Å²) in [5.41, 5.74) is 0. The first-order valence-corrected chi connectivity index (χ1v) is 7.56. The third-order valence-electron chi connectivity index (χ3n) is 2.73. The van der Waals surface area contributed by atoms with Crippen LogP contribution < -0.4 is 10.6 Å². The molecule has 0 fully saturated rings. The minimum atomic E-state index is -0.612. The Hall–Kier alpha value is -2.79. The molecule has 134 valence electrons. The number of carbonyl (C=O) groups is 2. The van der Waals surface area contributed by atoms with Gasteiger partial charge in [-0.25, -0.2) is 14.4 Å². The summed E-state index contributed by atoms with van der Waals surface area (Å²) in [4.78, 5) is 35.1. The van der Waals surface area contributed by atoms with E-state index in [0.717, 1.165) is 38.5 Å². The Kier molecular flexibility index (Phi) is 14.7. The number of hydrogen-bond acceptors (Lipinski definition) is 8. The van der Waals surface area contributed by atoms with E-state index in [2.05, 4.69) is 20.4 Å². The molecular formula is C14H22N4O6. The van der Waals surface area contributed by atoms with Crippen LogP contribution in [-0.4, -0.2) is 44.9 Å². The van der Waals surface area contributed by atoms with Crippen molar-refractivity contribution in [3.05, 3.63) is 0 Å². The number of carbonyl (C=O) groups excluding carboxylic acids is 3. The number of alkyl carbamates (subject to hydrolysis) is 2. The number of nitriles is 1. The van der Waals surface area contributed by atoms with Crippen molar-refractivity contribution in [1.82, 2.24) is 10.6 Å². The minimum absolute atomic E-state index is 0.131. The lowest BCUT2D eigenvalue weighted by Crippen LogP contribution is -2.26. The number of nitrogens with zero attached hydrogens (tertiary/aromatic N) is 2. The molecule has 0 saturated heterocycles. The first-order chi connectivity index (χ1) is 11.7. The summed E-state index contributed by atoms with van der Waals surface area (Å²) in [6.07, 6.45) is 6.84. The molecule has 0 atom stereocenters. The van der Waals surface area contributed by atoms with E-state index in [-0.39, 0.29) is 13.4 Å². The van der Waals surface area contributed by atoms with Gasteiger partial charge in [-0.05, 0) is 12.8 Å². The molecule has 0 aromatic heterocycles. The van der Waals surface area contributed by atoms with Crippen LogP contribution in [0.1, 0.15) is 38.5 Å². The van der Waals surface area contributed by atoms with Gasteiger partial charge in [0.1, 0.15) is 6.67 Å². The van der Waals surface area contributed by atoms with Crippen molar-refractivity contribution in [2.75, 3.05) is 26.6 Å². The highest BCUT2D eigenvalue weighted by Gasteiger charge is 2.01. The first-order valence-electron chi connectivity index (χ1n) is 7.56. The average Bonchev–Trinajstić information content (AvgIpc) is 2.57. The zero-order chi connectivity index (χ0) is 17.9. The van der Waals surface area contributed by atoms with Gasteiger partial charge in [0.2, 0.25) is 6.08 Å². The zero-order valence-electron chi connectivity index (χ0n) is 13.4. The van der Waals surface area contributed by atoms with E-state index in [1.807, 2.05) is 0 Å². The third kappa shape index (κ3) is 15.6. The molecular weight excluding hydrogens is 320 g/mol. The Morgan fingerprint density at radius 2 is 1.46 bits per heavy atom. The van der Waals surface area contributed by atoms with Crippen LogP contribution in [0.4, 0.5) is 9.59 Å². The first kappa shape index (κ1) is 21.2. The molecule has 10 heteroatoms. The van der Waals surface area contributed by atoms with Gasteiger partial charge in [-0.1, -0.05) is 25.7 Å². The van der Waals surface area contributed by atoms with Gasteiger partial charge in [0.25, 0.3) is 6.26 Å². The number of unbranched alkanes of at least 4 members (excludes halogenated alkanes) is 5. The Balaban J connectivity index is 3.25. The van der Waals surface area contributed by atoms with Gasteiger partial charge in [0, 0.05) is 0 Å². The second-order valence-corrected chi connectivity index (χ2v) is 4.53. The molecule has 0 radical (unpaired) electrons. The molecule has 2 N–H and O–H groups in total. The molecule has 0 aliphatic heterocycles. The quantitative estimate of drug-likeness (QED) is 0.170. The lowest BCUT2D eigenvalue weighted by atomic mass is 10.1. The van der Waals surface area contributed by atoms with E-state index >= 15 is 0 Å². The van der Waals surface area contributed by atoms with Gasteiger partial charge in [-0.15, -0.1) is 0 Å². The maximum atomic E-state index is 11.1. The standard InChI is InChI=1S/C14H22N4O6/c15-9-22-12-18-14(21)24-8-6-4-2-1-3-5-7-23-13(20)17-10-16-11-19/h1-8,10,12H2,(H,17,20)(H,18,21). The highest BCUT2D eigenvalue weighted by molar-refractivity contribution is 5.67. The van der Waals surface area contributed by atoms with Gasteiger partial charge in [0.05, 0.1) is 13.2 Å². The molecule has 0 aromatic carbocycles. The Bertz CT molecular complexity index is 445. The smallest absolute Gasteiger partial charge is 0.409 e. The van der Waals surface area contributed by atoms with Crippen LogP contribution in [0.2, 0.25) is 0 Å². The van der Waals surface area contributed by atoms with Gasteiger partial charge in [0.15, 0.2) is 6.73 Å². The van der Waals surface area contributed by atoms with Crippen LogP contribution in [0.15, 0.2) is 4.99 Å². The molecule has 10 nitrogen and oxygen atoms in total. The number of isocyanates is 1. The molecule has 0 heterocycles. The fourth-order valence-electron chi connectivity index (χ4n) is 1.61. The SMILES string of the molecule is N#COCNC(=O)OCCCCCCCCOC(=O)NCN=C=O. The van der Waals surface area contributed by atoms with Crippen LogP contribution >= 0.6 is 0 Å². The number of amides is 2. The van der Waals surface area contributed by atoms with Crippen molar-refractivity contribution in [3.63, 3.8) is 0 Å². The molecule has 24 heavy (non-hydrogen) atoms. The summed E-state index contributed by atoms with van der Waals surface area (Å²) in [5, 5.41) is 12.6. The predicted octanol–water partition coefficient (Wildman–Crippen LogP) is 1.53. The summed E-state index contributed by atoms with van der Waals surface area (Å²) in [7, 11) is 0. The van der Waals surface area contributed by atoms with E-state index in [0.29, 0.717) is 13.2 Å². The molecule has 0 spiro atoms. The number of ether oxygens (including phenoxy) is 3. The van der Waals surface area contributed by atoms with Crippen molar-refractivity contribution in [1.29, 1.82) is 5.26 Å².